The maximum absolute atomic E-state index is 12.3. The molecular formula is C13H12Cl2O2S. The van der Waals surface area contributed by atoms with Gasteiger partial charge in [-0.3, -0.25) is 0 Å². The van der Waals surface area contributed by atoms with Crippen molar-refractivity contribution >= 4 is 33.0 Å². The Morgan fingerprint density at radius 3 is 2.22 bits per heavy atom. The van der Waals surface area contributed by atoms with Crippen molar-refractivity contribution in [1.82, 2.24) is 0 Å². The third kappa shape index (κ3) is 3.73. The summed E-state index contributed by atoms with van der Waals surface area (Å²) in [4.78, 5) is 0.344. The summed E-state index contributed by atoms with van der Waals surface area (Å²) in [5, 5.41) is 0.751. The van der Waals surface area contributed by atoms with E-state index in [1.807, 2.05) is 0 Å². The van der Waals surface area contributed by atoms with Crippen LogP contribution in [0.3, 0.4) is 0 Å². The van der Waals surface area contributed by atoms with Gasteiger partial charge in [0.1, 0.15) is 0 Å². The first-order valence-corrected chi connectivity index (χ1v) is 7.31. The second kappa shape index (κ2) is 6.23. The van der Waals surface area contributed by atoms with Crippen molar-refractivity contribution in [2.45, 2.75) is 11.8 Å². The summed E-state index contributed by atoms with van der Waals surface area (Å²) in [6, 6.07) is 5.99. The lowest BCUT2D eigenvalue weighted by molar-refractivity contribution is 0.603. The minimum absolute atomic E-state index is 0.159. The zero-order valence-electron chi connectivity index (χ0n) is 9.73. The van der Waals surface area contributed by atoms with Crippen LogP contribution in [-0.2, 0) is 9.84 Å². The van der Waals surface area contributed by atoms with Gasteiger partial charge in [0.25, 0.3) is 0 Å². The predicted octanol–water partition coefficient (Wildman–Crippen LogP) is 4.33. The van der Waals surface area contributed by atoms with Gasteiger partial charge in [-0.25, -0.2) is 8.42 Å². The summed E-state index contributed by atoms with van der Waals surface area (Å²) >= 11 is 11.3. The fourth-order valence-corrected chi connectivity index (χ4v) is 2.78. The lowest BCUT2D eigenvalue weighted by Crippen LogP contribution is -2.02. The van der Waals surface area contributed by atoms with Gasteiger partial charge in [-0.15, -0.1) is 0 Å². The minimum Gasteiger partial charge on any atom is -0.219 e. The van der Waals surface area contributed by atoms with E-state index in [0.717, 1.165) is 0 Å². The lowest BCUT2D eigenvalue weighted by atomic mass is 10.4. The van der Waals surface area contributed by atoms with Gasteiger partial charge >= 0.3 is 0 Å². The summed E-state index contributed by atoms with van der Waals surface area (Å²) in [6.45, 7) is 5.11. The first-order chi connectivity index (χ1) is 8.37. The molecule has 0 saturated heterocycles. The molecule has 2 nitrogen and oxygen atoms in total. The molecule has 0 amide bonds. The average molecular weight is 303 g/mol. The largest absolute Gasteiger partial charge is 0.219 e. The Balaban J connectivity index is 3.20. The molecule has 18 heavy (non-hydrogen) atoms. The van der Waals surface area contributed by atoms with Crippen LogP contribution in [0.4, 0.5) is 0 Å². The number of rotatable bonds is 4. The van der Waals surface area contributed by atoms with Crippen molar-refractivity contribution in [1.29, 1.82) is 0 Å². The molecule has 5 heteroatoms. The van der Waals surface area contributed by atoms with Crippen LogP contribution in [0, 0.1) is 0 Å². The van der Waals surface area contributed by atoms with Gasteiger partial charge in [0.2, 0.25) is 9.84 Å². The summed E-state index contributed by atoms with van der Waals surface area (Å²) in [7, 11) is -3.55. The van der Waals surface area contributed by atoms with Crippen LogP contribution in [0.2, 0.25) is 5.02 Å². The van der Waals surface area contributed by atoms with Crippen LogP contribution in [0.1, 0.15) is 6.92 Å². The molecule has 1 aromatic carbocycles. The summed E-state index contributed by atoms with van der Waals surface area (Å²) in [6.07, 6.45) is 4.35. The van der Waals surface area contributed by atoms with E-state index < -0.39 is 9.84 Å². The van der Waals surface area contributed by atoms with E-state index in [-0.39, 0.29) is 14.8 Å². The maximum Gasteiger partial charge on any atom is 0.206 e. The van der Waals surface area contributed by atoms with Crippen molar-refractivity contribution in [3.63, 3.8) is 0 Å². The molecule has 1 aromatic rings. The first-order valence-electron chi connectivity index (χ1n) is 5.07. The summed E-state index contributed by atoms with van der Waals surface area (Å²) in [5.74, 6) is 0. The fraction of sp³-hybridized carbons (Fsp3) is 0.0769. The van der Waals surface area contributed by atoms with E-state index >= 15 is 0 Å². The molecule has 0 aromatic heterocycles. The van der Waals surface area contributed by atoms with Gasteiger partial charge in [0.15, 0.2) is 0 Å². The monoisotopic (exact) mass is 302 g/mol. The van der Waals surface area contributed by atoms with Gasteiger partial charge in [0, 0.05) is 10.1 Å². The van der Waals surface area contributed by atoms with Crippen LogP contribution >= 0.6 is 23.2 Å². The van der Waals surface area contributed by atoms with Crippen LogP contribution in [-0.4, -0.2) is 8.42 Å². The van der Waals surface area contributed by atoms with Gasteiger partial charge in [-0.05, 0) is 43.3 Å². The molecule has 0 aliphatic carbocycles. The zero-order valence-corrected chi connectivity index (χ0v) is 12.1. The zero-order chi connectivity index (χ0) is 13.8. The fourth-order valence-electron chi connectivity index (χ4n) is 1.26. The Morgan fingerprint density at radius 2 is 1.78 bits per heavy atom. The molecule has 0 heterocycles. The number of halogens is 2. The van der Waals surface area contributed by atoms with Crippen LogP contribution in [0.15, 0.2) is 63.9 Å². The molecule has 0 aliphatic rings. The van der Waals surface area contributed by atoms with Gasteiger partial charge in [-0.2, -0.15) is 0 Å². The highest BCUT2D eigenvalue weighted by atomic mass is 35.5. The number of sulfone groups is 1. The molecule has 0 N–H and O–H groups in total. The van der Waals surface area contributed by atoms with Crippen molar-refractivity contribution < 1.29 is 8.42 Å². The Kier molecular flexibility index (Phi) is 5.20. The van der Waals surface area contributed by atoms with E-state index in [4.69, 9.17) is 23.2 Å². The number of hydrogen-bond acceptors (Lipinski definition) is 2. The number of benzene rings is 1. The van der Waals surface area contributed by atoms with Gasteiger partial charge < -0.3 is 0 Å². The molecule has 0 fully saturated rings. The third-order valence-corrected chi connectivity index (χ3v) is 4.41. The van der Waals surface area contributed by atoms with E-state index in [1.54, 1.807) is 6.92 Å². The molecule has 0 unspecified atom stereocenters. The highest BCUT2D eigenvalue weighted by Crippen LogP contribution is 2.22. The quantitative estimate of drug-likeness (QED) is 0.776. The standard InChI is InChI=1S/C13H12Cl2O2S/c1-3-12(7-4-10(2)14)18(16,17)13-8-5-11(15)6-9-13/h3-9H,2H2,1H3. The molecular weight excluding hydrogens is 291 g/mol. The molecule has 0 saturated carbocycles. The molecule has 0 aliphatic heterocycles. The maximum atomic E-state index is 12.3. The average Bonchev–Trinajstić information content (AvgIpc) is 2.29. The molecule has 96 valence electrons. The van der Waals surface area contributed by atoms with E-state index in [0.29, 0.717) is 5.02 Å². The van der Waals surface area contributed by atoms with E-state index in [2.05, 4.69) is 6.58 Å². The van der Waals surface area contributed by atoms with Crippen molar-refractivity contribution in [3.8, 4) is 0 Å². The Bertz CT molecular complexity index is 596. The topological polar surface area (TPSA) is 34.1 Å². The van der Waals surface area contributed by atoms with E-state index in [9.17, 15) is 8.42 Å². The van der Waals surface area contributed by atoms with Crippen LogP contribution in [0.25, 0.3) is 0 Å². The normalized spacial score (nSPS) is 12.9. The third-order valence-electron chi connectivity index (χ3n) is 2.15. The Labute approximate surface area is 117 Å². The van der Waals surface area contributed by atoms with E-state index in [1.165, 1.54) is 42.5 Å². The van der Waals surface area contributed by atoms with Gasteiger partial charge in [-0.1, -0.05) is 35.9 Å². The second-order valence-corrected chi connectivity index (χ2v) is 6.30. The van der Waals surface area contributed by atoms with Crippen molar-refractivity contribution in [2.75, 3.05) is 0 Å². The summed E-state index contributed by atoms with van der Waals surface area (Å²) < 4.78 is 24.5. The number of allylic oxidation sites excluding steroid dienone is 4. The Hall–Kier alpha value is -1.03. The SMILES string of the molecule is C=C(Cl)C=CC(=CC)S(=O)(=O)c1ccc(Cl)cc1. The van der Waals surface area contributed by atoms with Crippen LogP contribution < -0.4 is 0 Å². The molecule has 0 atom stereocenters. The smallest absolute Gasteiger partial charge is 0.206 e. The van der Waals surface area contributed by atoms with Crippen molar-refractivity contribution in [3.05, 3.63) is 64.0 Å². The van der Waals surface area contributed by atoms with Gasteiger partial charge in [0.05, 0.1) is 9.80 Å². The molecule has 0 radical (unpaired) electrons. The lowest BCUT2D eigenvalue weighted by Gasteiger charge is -2.05. The van der Waals surface area contributed by atoms with Crippen molar-refractivity contribution in [2.24, 2.45) is 0 Å². The summed E-state index contributed by atoms with van der Waals surface area (Å²) in [5.41, 5.74) is 0. The molecule has 1 rings (SSSR count). The highest BCUT2D eigenvalue weighted by molar-refractivity contribution is 7.95. The number of hydrogen-bond donors (Lipinski definition) is 0. The molecule has 0 bridgehead atoms. The molecule has 0 spiro atoms. The second-order valence-electron chi connectivity index (χ2n) is 3.43. The first kappa shape index (κ1) is 15.0. The van der Waals surface area contributed by atoms with Crippen LogP contribution in [0.5, 0.6) is 0 Å². The predicted molar refractivity (Wildman–Crippen MR) is 76.5 cm³/mol. The highest BCUT2D eigenvalue weighted by Gasteiger charge is 2.17. The minimum atomic E-state index is -3.55. The Morgan fingerprint density at radius 1 is 1.22 bits per heavy atom.